The molecule has 3 aromatic rings. The van der Waals surface area contributed by atoms with Crippen LogP contribution in [0.5, 0.6) is 11.5 Å². The lowest BCUT2D eigenvalue weighted by molar-refractivity contribution is -0.138. The number of halogens is 1. The predicted molar refractivity (Wildman–Crippen MR) is 151 cm³/mol. The molecule has 1 N–H and O–H groups in total. The molecular formula is C28H34ClN5O6. The molecule has 0 bridgehead atoms. The molecule has 0 aliphatic carbocycles. The summed E-state index contributed by atoms with van der Waals surface area (Å²) in [6.45, 7) is 3.63. The normalized spacial score (nSPS) is 13.6. The van der Waals surface area contributed by atoms with Gasteiger partial charge >= 0.3 is 0 Å². The summed E-state index contributed by atoms with van der Waals surface area (Å²) in [7, 11) is 4.57. The van der Waals surface area contributed by atoms with E-state index in [2.05, 4.69) is 10.2 Å². The molecule has 1 aromatic heterocycles. The fraction of sp³-hybridized carbons (Fsp3) is 0.393. The van der Waals surface area contributed by atoms with Crippen LogP contribution in [0, 0.1) is 0 Å². The lowest BCUT2D eigenvalue weighted by atomic mass is 10.2. The van der Waals surface area contributed by atoms with Gasteiger partial charge in [0.2, 0.25) is 17.8 Å². The van der Waals surface area contributed by atoms with Gasteiger partial charge in [-0.1, -0.05) is 23.7 Å². The van der Waals surface area contributed by atoms with Crippen LogP contribution in [0.2, 0.25) is 5.02 Å². The van der Waals surface area contributed by atoms with Crippen molar-refractivity contribution in [1.82, 2.24) is 19.4 Å². The van der Waals surface area contributed by atoms with Gasteiger partial charge in [0, 0.05) is 56.1 Å². The second kappa shape index (κ2) is 14.1. The van der Waals surface area contributed by atoms with Gasteiger partial charge < -0.3 is 23.8 Å². The summed E-state index contributed by atoms with van der Waals surface area (Å²) in [4.78, 5) is 34.4. The van der Waals surface area contributed by atoms with Crippen LogP contribution >= 0.6 is 11.6 Å². The average Bonchev–Trinajstić information content (AvgIpc) is 3.39. The third kappa shape index (κ3) is 7.51. The number of morpholine rings is 1. The minimum Gasteiger partial charge on any atom is -0.493 e. The van der Waals surface area contributed by atoms with E-state index in [0.29, 0.717) is 54.2 Å². The van der Waals surface area contributed by atoms with Crippen LogP contribution in [-0.2, 0) is 19.1 Å². The predicted octanol–water partition coefficient (Wildman–Crippen LogP) is 2.96. The fourth-order valence-electron chi connectivity index (χ4n) is 4.33. The number of benzene rings is 2. The molecule has 214 valence electrons. The molecule has 0 spiro atoms. The number of hydrogen-bond donors (Lipinski definition) is 1. The number of nitrogens with one attached hydrogen (secondary N) is 1. The summed E-state index contributed by atoms with van der Waals surface area (Å²) in [5, 5.41) is 3.49. The minimum atomic E-state index is -0.388. The number of imidazole rings is 1. The third-order valence-corrected chi connectivity index (χ3v) is 6.74. The summed E-state index contributed by atoms with van der Waals surface area (Å²) >= 11 is 6.08. The Balaban J connectivity index is 1.58. The van der Waals surface area contributed by atoms with Crippen molar-refractivity contribution >= 4 is 29.4 Å². The first kappa shape index (κ1) is 29.3. The number of rotatable bonds is 12. The highest BCUT2D eigenvalue weighted by molar-refractivity contribution is 6.30. The van der Waals surface area contributed by atoms with Gasteiger partial charge in [0.1, 0.15) is 13.2 Å². The van der Waals surface area contributed by atoms with Crippen molar-refractivity contribution in [2.45, 2.75) is 0 Å². The van der Waals surface area contributed by atoms with Crippen molar-refractivity contribution in [3.63, 3.8) is 0 Å². The van der Waals surface area contributed by atoms with Crippen molar-refractivity contribution in [3.05, 3.63) is 53.7 Å². The second-order valence-electron chi connectivity index (χ2n) is 9.12. The molecule has 0 saturated carbocycles. The van der Waals surface area contributed by atoms with Crippen LogP contribution in [0.25, 0.3) is 16.9 Å². The standard InChI is InChI=1S/C28H34ClN5O6/c1-37-19-27(36)33(11-10-32-12-14-40-15-13-32)18-26(35)31-28-30-23(20-4-6-21(29)7-5-20)17-34(28)22-8-9-24(38-2)25(16-22)39-3/h4-9,16-17H,10-15,18-19H2,1-3H3,(H,30,31,35). The van der Waals surface area contributed by atoms with E-state index < -0.39 is 0 Å². The van der Waals surface area contributed by atoms with E-state index in [0.717, 1.165) is 18.7 Å². The first-order chi connectivity index (χ1) is 19.4. The Labute approximate surface area is 238 Å². The van der Waals surface area contributed by atoms with E-state index in [1.165, 1.54) is 12.0 Å². The Kier molecular flexibility index (Phi) is 10.4. The molecule has 0 unspecified atom stereocenters. The van der Waals surface area contributed by atoms with Gasteiger partial charge in [-0.3, -0.25) is 24.4 Å². The van der Waals surface area contributed by atoms with E-state index in [4.69, 9.17) is 35.5 Å². The van der Waals surface area contributed by atoms with Crippen LogP contribution in [0.3, 0.4) is 0 Å². The van der Waals surface area contributed by atoms with Crippen molar-refractivity contribution in [2.24, 2.45) is 0 Å². The highest BCUT2D eigenvalue weighted by atomic mass is 35.5. The Bertz CT molecular complexity index is 1290. The van der Waals surface area contributed by atoms with Gasteiger partial charge in [0.25, 0.3) is 0 Å². The highest BCUT2D eigenvalue weighted by Gasteiger charge is 2.21. The molecule has 2 heterocycles. The number of amides is 2. The van der Waals surface area contributed by atoms with Gasteiger partial charge in [0.15, 0.2) is 11.5 Å². The molecule has 40 heavy (non-hydrogen) atoms. The number of carbonyl (C=O) groups is 2. The number of ether oxygens (including phenoxy) is 4. The summed E-state index contributed by atoms with van der Waals surface area (Å²) < 4.78 is 23.0. The molecule has 4 rings (SSSR count). The largest absolute Gasteiger partial charge is 0.493 e. The van der Waals surface area contributed by atoms with Crippen LogP contribution in [0.4, 0.5) is 5.95 Å². The van der Waals surface area contributed by atoms with Gasteiger partial charge in [-0.15, -0.1) is 0 Å². The van der Waals surface area contributed by atoms with Crippen LogP contribution < -0.4 is 14.8 Å². The number of nitrogens with zero attached hydrogens (tertiary/aromatic N) is 4. The Hall–Kier alpha value is -3.64. The first-order valence-corrected chi connectivity index (χ1v) is 13.2. The molecule has 1 fully saturated rings. The number of hydrogen-bond acceptors (Lipinski definition) is 8. The quantitative estimate of drug-likeness (QED) is 0.354. The summed E-state index contributed by atoms with van der Waals surface area (Å²) in [6.07, 6.45) is 1.81. The Morgan fingerprint density at radius 3 is 2.45 bits per heavy atom. The second-order valence-corrected chi connectivity index (χ2v) is 9.55. The zero-order valence-electron chi connectivity index (χ0n) is 22.9. The molecule has 2 amide bonds. The van der Waals surface area contributed by atoms with E-state index in [1.807, 2.05) is 24.4 Å². The topological polar surface area (TPSA) is 107 Å². The average molecular weight is 572 g/mol. The monoisotopic (exact) mass is 571 g/mol. The molecule has 11 nitrogen and oxygen atoms in total. The maximum Gasteiger partial charge on any atom is 0.249 e. The maximum atomic E-state index is 13.3. The maximum absolute atomic E-state index is 13.3. The zero-order chi connectivity index (χ0) is 28.5. The van der Waals surface area contributed by atoms with Gasteiger partial charge in [-0.25, -0.2) is 4.98 Å². The fourth-order valence-corrected chi connectivity index (χ4v) is 4.46. The molecule has 1 saturated heterocycles. The number of methoxy groups -OCH3 is 3. The van der Waals surface area contributed by atoms with Crippen LogP contribution in [-0.4, -0.2) is 105 Å². The molecule has 1 aliphatic heterocycles. The number of anilines is 1. The molecule has 0 atom stereocenters. The minimum absolute atomic E-state index is 0.114. The van der Waals surface area contributed by atoms with Crippen molar-refractivity contribution in [2.75, 3.05) is 79.2 Å². The lowest BCUT2D eigenvalue weighted by Crippen LogP contribution is -2.46. The molecule has 0 radical (unpaired) electrons. The first-order valence-electron chi connectivity index (χ1n) is 12.9. The van der Waals surface area contributed by atoms with Gasteiger partial charge in [0.05, 0.1) is 38.8 Å². The molecule has 1 aliphatic rings. The third-order valence-electron chi connectivity index (χ3n) is 6.49. The highest BCUT2D eigenvalue weighted by Crippen LogP contribution is 2.32. The Morgan fingerprint density at radius 2 is 1.77 bits per heavy atom. The van der Waals surface area contributed by atoms with E-state index in [-0.39, 0.29) is 30.9 Å². The molecular weight excluding hydrogens is 538 g/mol. The summed E-state index contributed by atoms with van der Waals surface area (Å²) in [5.41, 5.74) is 2.14. The van der Waals surface area contributed by atoms with Crippen LogP contribution in [0.1, 0.15) is 0 Å². The van der Waals surface area contributed by atoms with E-state index >= 15 is 0 Å². The van der Waals surface area contributed by atoms with Crippen LogP contribution in [0.15, 0.2) is 48.7 Å². The van der Waals surface area contributed by atoms with E-state index in [1.54, 1.807) is 43.1 Å². The van der Waals surface area contributed by atoms with Crippen molar-refractivity contribution < 1.29 is 28.5 Å². The summed E-state index contributed by atoms with van der Waals surface area (Å²) in [6, 6.07) is 12.7. The molecule has 12 heteroatoms. The smallest absolute Gasteiger partial charge is 0.249 e. The number of carbonyl (C=O) groups excluding carboxylic acids is 2. The Morgan fingerprint density at radius 1 is 1.05 bits per heavy atom. The molecule has 2 aromatic carbocycles. The zero-order valence-corrected chi connectivity index (χ0v) is 23.6. The van der Waals surface area contributed by atoms with Gasteiger partial charge in [-0.05, 0) is 24.3 Å². The number of aromatic nitrogens is 2. The van der Waals surface area contributed by atoms with E-state index in [9.17, 15) is 9.59 Å². The lowest BCUT2D eigenvalue weighted by Gasteiger charge is -2.29. The van der Waals surface area contributed by atoms with Crippen molar-refractivity contribution in [1.29, 1.82) is 0 Å². The van der Waals surface area contributed by atoms with Crippen molar-refractivity contribution in [3.8, 4) is 28.4 Å². The van der Waals surface area contributed by atoms with Gasteiger partial charge in [-0.2, -0.15) is 0 Å². The summed E-state index contributed by atoms with van der Waals surface area (Å²) in [5.74, 6) is 0.729. The SMILES string of the molecule is COCC(=O)N(CCN1CCOCC1)CC(=O)Nc1nc(-c2ccc(Cl)cc2)cn1-c1ccc(OC)c(OC)c1.